The number of nitrogen functional groups attached to an aromatic ring is 1. The Balaban J connectivity index is 2.50. The molecule has 0 spiro atoms. The molecule has 1 unspecified atom stereocenters. The Hall–Kier alpha value is -1.95. The number of halogens is 1. The van der Waals surface area contributed by atoms with Gasteiger partial charge >= 0.3 is 0 Å². The zero-order valence-corrected chi connectivity index (χ0v) is 12.5. The first-order chi connectivity index (χ1) is 9.84. The summed E-state index contributed by atoms with van der Waals surface area (Å²) in [5, 5.41) is 13.1. The Morgan fingerprint density at radius 2 is 2.10 bits per heavy atom. The zero-order valence-electron chi connectivity index (χ0n) is 12.5. The molecule has 0 saturated carbocycles. The van der Waals surface area contributed by atoms with Gasteiger partial charge in [-0.25, -0.2) is 9.37 Å². The monoisotopic (exact) mass is 292 g/mol. The Bertz CT molecular complexity index is 647. The Morgan fingerprint density at radius 1 is 1.38 bits per heavy atom. The highest BCUT2D eigenvalue weighted by Gasteiger charge is 2.26. The number of nitrogens with two attached hydrogens (primary N) is 1. The predicted molar refractivity (Wildman–Crippen MR) is 82.5 cm³/mol. The second-order valence-corrected chi connectivity index (χ2v) is 6.01. The van der Waals surface area contributed by atoms with Crippen molar-refractivity contribution < 1.29 is 9.50 Å². The van der Waals surface area contributed by atoms with E-state index in [0.29, 0.717) is 23.7 Å². The molecule has 0 aliphatic carbocycles. The highest BCUT2D eigenvalue weighted by atomic mass is 19.1. The topological polar surface area (TPSA) is 84.1 Å². The molecule has 0 bridgehead atoms. The van der Waals surface area contributed by atoms with E-state index >= 15 is 0 Å². The lowest BCUT2D eigenvalue weighted by Crippen LogP contribution is -2.40. The van der Waals surface area contributed by atoms with Crippen molar-refractivity contribution in [1.29, 1.82) is 0 Å². The van der Waals surface area contributed by atoms with Crippen LogP contribution in [0, 0.1) is 11.7 Å². The summed E-state index contributed by atoms with van der Waals surface area (Å²) in [4.78, 5) is 8.14. The summed E-state index contributed by atoms with van der Waals surface area (Å²) < 4.78 is 14.1. The number of hydrogen-bond donors (Lipinski definition) is 3. The van der Waals surface area contributed by atoms with Crippen molar-refractivity contribution in [3.05, 3.63) is 24.0 Å². The van der Waals surface area contributed by atoms with E-state index in [1.165, 1.54) is 6.07 Å². The fourth-order valence-electron chi connectivity index (χ4n) is 2.59. The van der Waals surface area contributed by atoms with Crippen molar-refractivity contribution in [2.24, 2.45) is 5.92 Å². The molecule has 114 valence electrons. The lowest BCUT2D eigenvalue weighted by Gasteiger charge is -2.31. The molecule has 2 aromatic rings. The summed E-state index contributed by atoms with van der Waals surface area (Å²) in [7, 11) is 0. The van der Waals surface area contributed by atoms with Crippen molar-refractivity contribution in [2.45, 2.75) is 32.7 Å². The summed E-state index contributed by atoms with van der Waals surface area (Å²) in [5.74, 6) is 0.331. The molecule has 1 atom stereocenters. The van der Waals surface area contributed by atoms with Crippen LogP contribution in [0.3, 0.4) is 0 Å². The van der Waals surface area contributed by atoms with Gasteiger partial charge in [-0.1, -0.05) is 19.9 Å². The minimum atomic E-state index is -0.607. The molecule has 4 N–H and O–H groups in total. The molecule has 0 amide bonds. The van der Waals surface area contributed by atoms with Crippen molar-refractivity contribution in [1.82, 2.24) is 9.97 Å². The van der Waals surface area contributed by atoms with Crippen LogP contribution in [0.1, 0.15) is 27.2 Å². The highest BCUT2D eigenvalue weighted by Crippen LogP contribution is 2.28. The van der Waals surface area contributed by atoms with Gasteiger partial charge < -0.3 is 16.2 Å². The molecule has 0 saturated heterocycles. The third kappa shape index (κ3) is 3.39. The van der Waals surface area contributed by atoms with E-state index in [2.05, 4.69) is 29.1 Å². The zero-order chi connectivity index (χ0) is 15.6. The maximum atomic E-state index is 14.1. The van der Waals surface area contributed by atoms with E-state index in [1.54, 1.807) is 12.1 Å². The van der Waals surface area contributed by atoms with Crippen molar-refractivity contribution in [3.63, 3.8) is 0 Å². The van der Waals surface area contributed by atoms with Crippen LogP contribution in [0.4, 0.5) is 16.2 Å². The third-order valence-corrected chi connectivity index (χ3v) is 3.32. The van der Waals surface area contributed by atoms with Gasteiger partial charge in [0.25, 0.3) is 0 Å². The van der Waals surface area contributed by atoms with Crippen LogP contribution < -0.4 is 11.1 Å². The number of aliphatic hydroxyl groups excluding tert-OH is 1. The van der Waals surface area contributed by atoms with Crippen LogP contribution in [0.5, 0.6) is 0 Å². The standard InChI is InChI=1S/C15H21FN4O/c1-9(2)7-15(3,8-21)20-13-12-10(16)5-4-6-11(12)18-14(17)19-13/h4-6,9,21H,7-8H2,1-3H3,(H3,17,18,19,20). The Morgan fingerprint density at radius 3 is 2.71 bits per heavy atom. The fraction of sp³-hybridized carbons (Fsp3) is 0.467. The molecule has 0 aliphatic rings. The number of fused-ring (bicyclic) bond motifs is 1. The number of anilines is 2. The smallest absolute Gasteiger partial charge is 0.222 e. The van der Waals surface area contributed by atoms with Crippen molar-refractivity contribution in [2.75, 3.05) is 17.7 Å². The van der Waals surface area contributed by atoms with Crippen LogP contribution >= 0.6 is 0 Å². The molecule has 2 rings (SSSR count). The first-order valence-electron chi connectivity index (χ1n) is 6.95. The summed E-state index contributed by atoms with van der Waals surface area (Å²) in [6, 6.07) is 4.61. The van der Waals surface area contributed by atoms with E-state index in [4.69, 9.17) is 5.73 Å². The molecule has 1 heterocycles. The second-order valence-electron chi connectivity index (χ2n) is 6.01. The quantitative estimate of drug-likeness (QED) is 0.788. The molecular formula is C15H21FN4O. The van der Waals surface area contributed by atoms with E-state index in [1.807, 2.05) is 6.92 Å². The van der Waals surface area contributed by atoms with Crippen molar-refractivity contribution >= 4 is 22.7 Å². The summed E-state index contributed by atoms with van der Waals surface area (Å²) in [6.07, 6.45) is 0.712. The third-order valence-electron chi connectivity index (χ3n) is 3.32. The minimum Gasteiger partial charge on any atom is -0.394 e. The van der Waals surface area contributed by atoms with Crippen LogP contribution in [-0.4, -0.2) is 27.2 Å². The van der Waals surface area contributed by atoms with Gasteiger partial charge in [0.15, 0.2) is 0 Å². The van der Waals surface area contributed by atoms with Gasteiger partial charge in [0.2, 0.25) is 5.95 Å². The molecule has 0 fully saturated rings. The van der Waals surface area contributed by atoms with Gasteiger partial charge in [-0.15, -0.1) is 0 Å². The molecule has 5 nitrogen and oxygen atoms in total. The number of rotatable bonds is 5. The molecule has 0 radical (unpaired) electrons. The lowest BCUT2D eigenvalue weighted by molar-refractivity contribution is 0.202. The number of hydrogen-bond acceptors (Lipinski definition) is 5. The Labute approximate surface area is 123 Å². The van der Waals surface area contributed by atoms with Crippen LogP contribution in [0.2, 0.25) is 0 Å². The number of benzene rings is 1. The summed E-state index contributed by atoms with van der Waals surface area (Å²) in [5.41, 5.74) is 5.52. The Kier molecular flexibility index (Phi) is 4.27. The van der Waals surface area contributed by atoms with Gasteiger partial charge in [-0.2, -0.15) is 4.98 Å². The number of nitrogens with zero attached hydrogens (tertiary/aromatic N) is 2. The molecule has 1 aromatic heterocycles. The van der Waals surface area contributed by atoms with Gasteiger partial charge in [0.05, 0.1) is 23.0 Å². The van der Waals surface area contributed by atoms with Gasteiger partial charge in [0.1, 0.15) is 11.6 Å². The molecule has 21 heavy (non-hydrogen) atoms. The van der Waals surface area contributed by atoms with E-state index in [0.717, 1.165) is 0 Å². The second kappa shape index (κ2) is 5.81. The maximum Gasteiger partial charge on any atom is 0.222 e. The van der Waals surface area contributed by atoms with E-state index < -0.39 is 11.4 Å². The van der Waals surface area contributed by atoms with Gasteiger partial charge in [-0.3, -0.25) is 0 Å². The van der Waals surface area contributed by atoms with Gasteiger partial charge in [0, 0.05) is 0 Å². The number of nitrogens with one attached hydrogen (secondary N) is 1. The van der Waals surface area contributed by atoms with Crippen molar-refractivity contribution in [3.8, 4) is 0 Å². The minimum absolute atomic E-state index is 0.0698. The molecule has 6 heteroatoms. The maximum absolute atomic E-state index is 14.1. The number of aromatic nitrogens is 2. The van der Waals surface area contributed by atoms with Crippen LogP contribution in [-0.2, 0) is 0 Å². The van der Waals surface area contributed by atoms with Crippen LogP contribution in [0.25, 0.3) is 10.9 Å². The first-order valence-corrected chi connectivity index (χ1v) is 6.95. The number of aliphatic hydroxyl groups is 1. The first kappa shape index (κ1) is 15.4. The van der Waals surface area contributed by atoms with Gasteiger partial charge in [-0.05, 0) is 31.4 Å². The van der Waals surface area contributed by atoms with E-state index in [9.17, 15) is 9.50 Å². The average Bonchev–Trinajstić information content (AvgIpc) is 2.37. The fourth-order valence-corrected chi connectivity index (χ4v) is 2.59. The largest absolute Gasteiger partial charge is 0.394 e. The normalized spacial score (nSPS) is 14.4. The summed E-state index contributed by atoms with van der Waals surface area (Å²) in [6.45, 7) is 5.90. The molecular weight excluding hydrogens is 271 g/mol. The molecule has 0 aliphatic heterocycles. The summed E-state index contributed by atoms with van der Waals surface area (Å²) >= 11 is 0. The highest BCUT2D eigenvalue weighted by molar-refractivity contribution is 5.90. The predicted octanol–water partition coefficient (Wildman–Crippen LogP) is 2.56. The molecule has 1 aromatic carbocycles. The average molecular weight is 292 g/mol. The van der Waals surface area contributed by atoms with Crippen LogP contribution in [0.15, 0.2) is 18.2 Å². The lowest BCUT2D eigenvalue weighted by atomic mass is 9.91. The SMILES string of the molecule is CC(C)CC(C)(CO)Nc1nc(N)nc2cccc(F)c12. The van der Waals surface area contributed by atoms with E-state index in [-0.39, 0.29) is 17.9 Å².